The number of carbonyl (C=O) groups excluding carboxylic acids is 1. The summed E-state index contributed by atoms with van der Waals surface area (Å²) in [7, 11) is -3.37. The van der Waals surface area contributed by atoms with Crippen molar-refractivity contribution in [2.75, 3.05) is 30.3 Å². The van der Waals surface area contributed by atoms with Crippen LogP contribution in [-0.4, -0.2) is 39.8 Å². The van der Waals surface area contributed by atoms with Crippen LogP contribution in [0.25, 0.3) is 0 Å². The standard InChI is InChI=1S/C29H28F3N3O4S/c1-2-40(37,38)24-10-5-21(6-11-24)25(13-15-33)34-28(36)22-7-12-26-27(19-22)39-18-17-35(26)16-14-20-3-8-23(9-4-20)29(30,31)32/h3-12,19,25H,2,13-14,16-18H2,1H3,(H,34,36). The van der Waals surface area contributed by atoms with Gasteiger partial charge in [0.2, 0.25) is 0 Å². The minimum absolute atomic E-state index is 0.00914. The van der Waals surface area contributed by atoms with Crippen molar-refractivity contribution in [2.24, 2.45) is 0 Å². The van der Waals surface area contributed by atoms with Crippen molar-refractivity contribution in [3.63, 3.8) is 0 Å². The summed E-state index contributed by atoms with van der Waals surface area (Å²) in [4.78, 5) is 15.3. The summed E-state index contributed by atoms with van der Waals surface area (Å²) in [6.45, 7) is 3.09. The number of benzene rings is 3. The number of nitriles is 1. The van der Waals surface area contributed by atoms with Gasteiger partial charge < -0.3 is 15.0 Å². The van der Waals surface area contributed by atoms with Crippen molar-refractivity contribution in [1.29, 1.82) is 5.26 Å². The SMILES string of the molecule is CCS(=O)(=O)c1ccc(C(CC#N)NC(=O)c2ccc3c(c2)OCCN3CCc2ccc(C(F)(F)F)cc2)cc1. The number of fused-ring (bicyclic) bond motifs is 1. The molecule has 0 aliphatic carbocycles. The van der Waals surface area contributed by atoms with E-state index in [0.717, 1.165) is 23.4 Å². The molecule has 0 saturated heterocycles. The number of anilines is 1. The van der Waals surface area contributed by atoms with Crippen LogP contribution in [0.3, 0.4) is 0 Å². The zero-order valence-corrected chi connectivity index (χ0v) is 22.6. The Morgan fingerprint density at radius 2 is 1.80 bits per heavy atom. The molecule has 0 radical (unpaired) electrons. The third-order valence-electron chi connectivity index (χ3n) is 6.76. The highest BCUT2D eigenvalue weighted by molar-refractivity contribution is 7.91. The number of sulfone groups is 1. The molecular weight excluding hydrogens is 543 g/mol. The van der Waals surface area contributed by atoms with Gasteiger partial charge in [0.05, 0.1) is 47.0 Å². The zero-order chi connectivity index (χ0) is 28.9. The lowest BCUT2D eigenvalue weighted by molar-refractivity contribution is -0.137. The minimum Gasteiger partial charge on any atom is -0.490 e. The third-order valence-corrected chi connectivity index (χ3v) is 8.51. The molecule has 1 N–H and O–H groups in total. The van der Waals surface area contributed by atoms with E-state index in [0.29, 0.717) is 43.0 Å². The number of hydrogen-bond acceptors (Lipinski definition) is 6. The first kappa shape index (κ1) is 29.0. The van der Waals surface area contributed by atoms with Gasteiger partial charge in [-0.1, -0.05) is 31.2 Å². The molecule has 4 rings (SSSR count). The number of alkyl halides is 3. The van der Waals surface area contributed by atoms with Gasteiger partial charge in [-0.25, -0.2) is 8.42 Å². The molecule has 1 unspecified atom stereocenters. The van der Waals surface area contributed by atoms with Crippen LogP contribution in [-0.2, 0) is 22.4 Å². The Morgan fingerprint density at radius 1 is 1.10 bits per heavy atom. The van der Waals surface area contributed by atoms with Crippen LogP contribution in [0, 0.1) is 11.3 Å². The van der Waals surface area contributed by atoms with E-state index in [-0.39, 0.29) is 17.1 Å². The van der Waals surface area contributed by atoms with Gasteiger partial charge in [-0.05, 0) is 60.0 Å². The Hall–Kier alpha value is -4.04. The Kier molecular flexibility index (Phi) is 8.69. The normalized spacial score (nSPS) is 14.0. The fraction of sp³-hybridized carbons (Fsp3) is 0.310. The molecule has 11 heteroatoms. The minimum atomic E-state index is -4.37. The molecule has 3 aromatic carbocycles. The molecule has 210 valence electrons. The molecule has 3 aromatic rings. The van der Waals surface area contributed by atoms with Crippen LogP contribution < -0.4 is 15.0 Å². The lowest BCUT2D eigenvalue weighted by Gasteiger charge is -2.31. The molecule has 1 amide bonds. The second kappa shape index (κ2) is 12.0. The highest BCUT2D eigenvalue weighted by Crippen LogP contribution is 2.33. The average molecular weight is 572 g/mol. The lowest BCUT2D eigenvalue weighted by atomic mass is 10.0. The van der Waals surface area contributed by atoms with Crippen molar-refractivity contribution in [1.82, 2.24) is 5.32 Å². The number of nitrogens with zero attached hydrogens (tertiary/aromatic N) is 2. The van der Waals surface area contributed by atoms with Crippen LogP contribution in [0.15, 0.2) is 71.6 Å². The zero-order valence-electron chi connectivity index (χ0n) is 21.7. The molecule has 1 aliphatic rings. The van der Waals surface area contributed by atoms with E-state index >= 15 is 0 Å². The third kappa shape index (κ3) is 6.74. The summed E-state index contributed by atoms with van der Waals surface area (Å²) in [5.74, 6) is 0.0634. The first-order chi connectivity index (χ1) is 19.0. The fourth-order valence-electron chi connectivity index (χ4n) is 4.43. The first-order valence-electron chi connectivity index (χ1n) is 12.7. The summed E-state index contributed by atoms with van der Waals surface area (Å²) >= 11 is 0. The molecule has 1 aliphatic heterocycles. The van der Waals surface area contributed by atoms with Gasteiger partial charge >= 0.3 is 6.18 Å². The number of halogens is 3. The predicted octanol–water partition coefficient (Wildman–Crippen LogP) is 5.33. The predicted molar refractivity (Wildman–Crippen MR) is 144 cm³/mol. The smallest absolute Gasteiger partial charge is 0.416 e. The summed E-state index contributed by atoms with van der Waals surface area (Å²) in [5.41, 5.74) is 1.80. The molecule has 0 saturated carbocycles. The van der Waals surface area contributed by atoms with Gasteiger partial charge in [-0.15, -0.1) is 0 Å². The van der Waals surface area contributed by atoms with Gasteiger partial charge in [-0.2, -0.15) is 18.4 Å². The molecule has 1 heterocycles. The van der Waals surface area contributed by atoms with Crippen LogP contribution in [0.2, 0.25) is 0 Å². The molecule has 1 atom stereocenters. The maximum Gasteiger partial charge on any atom is 0.416 e. The van der Waals surface area contributed by atoms with Crippen LogP contribution in [0.1, 0.15) is 46.4 Å². The molecule has 7 nitrogen and oxygen atoms in total. The van der Waals surface area contributed by atoms with E-state index in [2.05, 4.69) is 16.3 Å². The molecule has 0 bridgehead atoms. The summed E-state index contributed by atoms with van der Waals surface area (Å²) in [6, 6.07) is 17.7. The van der Waals surface area contributed by atoms with Crippen molar-refractivity contribution in [2.45, 2.75) is 36.9 Å². The number of rotatable bonds is 9. The Morgan fingerprint density at radius 3 is 2.42 bits per heavy atom. The molecule has 0 aromatic heterocycles. The second-order valence-corrected chi connectivity index (χ2v) is 11.6. The topological polar surface area (TPSA) is 99.5 Å². The largest absolute Gasteiger partial charge is 0.490 e. The highest BCUT2D eigenvalue weighted by atomic mass is 32.2. The highest BCUT2D eigenvalue weighted by Gasteiger charge is 2.30. The van der Waals surface area contributed by atoms with E-state index in [1.165, 1.54) is 24.3 Å². The fourth-order valence-corrected chi connectivity index (χ4v) is 5.32. The molecular formula is C29H28F3N3O4S. The maximum absolute atomic E-state index is 13.1. The van der Waals surface area contributed by atoms with Crippen molar-refractivity contribution in [3.8, 4) is 11.8 Å². The molecule has 40 heavy (non-hydrogen) atoms. The Bertz CT molecular complexity index is 1500. The van der Waals surface area contributed by atoms with Gasteiger partial charge in [0.1, 0.15) is 12.4 Å². The van der Waals surface area contributed by atoms with E-state index in [9.17, 15) is 31.6 Å². The number of hydrogen-bond donors (Lipinski definition) is 1. The number of amides is 1. The van der Waals surface area contributed by atoms with E-state index in [1.807, 2.05) is 0 Å². The van der Waals surface area contributed by atoms with Crippen molar-refractivity contribution in [3.05, 3.63) is 89.0 Å². The molecule has 0 fully saturated rings. The van der Waals surface area contributed by atoms with Gasteiger partial charge in [0, 0.05) is 12.1 Å². The number of carbonyl (C=O) groups is 1. The molecule has 0 spiro atoms. The van der Waals surface area contributed by atoms with Crippen molar-refractivity contribution >= 4 is 21.4 Å². The van der Waals surface area contributed by atoms with Crippen LogP contribution >= 0.6 is 0 Å². The number of ether oxygens (including phenoxy) is 1. The van der Waals surface area contributed by atoms with Crippen LogP contribution in [0.4, 0.5) is 18.9 Å². The summed E-state index contributed by atoms with van der Waals surface area (Å²) in [6.07, 6.45) is -3.85. The Balaban J connectivity index is 1.44. The van der Waals surface area contributed by atoms with E-state index in [1.54, 1.807) is 37.3 Å². The Labute approximate surface area is 231 Å². The van der Waals surface area contributed by atoms with E-state index in [4.69, 9.17) is 4.74 Å². The summed E-state index contributed by atoms with van der Waals surface area (Å²) in [5, 5.41) is 12.1. The monoisotopic (exact) mass is 571 g/mol. The van der Waals surface area contributed by atoms with Gasteiger partial charge in [0.25, 0.3) is 5.91 Å². The van der Waals surface area contributed by atoms with Crippen molar-refractivity contribution < 1.29 is 31.1 Å². The van der Waals surface area contributed by atoms with Gasteiger partial charge in [0.15, 0.2) is 9.84 Å². The first-order valence-corrected chi connectivity index (χ1v) is 14.4. The van der Waals surface area contributed by atoms with Gasteiger partial charge in [-0.3, -0.25) is 4.79 Å². The lowest BCUT2D eigenvalue weighted by Crippen LogP contribution is -2.34. The maximum atomic E-state index is 13.1. The average Bonchev–Trinajstić information content (AvgIpc) is 2.95. The van der Waals surface area contributed by atoms with E-state index < -0.39 is 33.5 Å². The van der Waals surface area contributed by atoms with Crippen LogP contribution in [0.5, 0.6) is 5.75 Å². The quantitative estimate of drug-likeness (QED) is 0.373. The summed E-state index contributed by atoms with van der Waals surface area (Å²) < 4.78 is 68.5. The number of nitrogens with one attached hydrogen (secondary N) is 1. The second-order valence-electron chi connectivity index (χ2n) is 9.32.